The molecule has 0 saturated carbocycles. The van der Waals surface area contributed by atoms with Crippen molar-refractivity contribution in [2.45, 2.75) is 39.2 Å². The zero-order valence-electron chi connectivity index (χ0n) is 13.7. The van der Waals surface area contributed by atoms with Crippen LogP contribution in [0.15, 0.2) is 24.4 Å². The number of pyridine rings is 1. The maximum atomic E-state index is 12.1. The average molecular weight is 319 g/mol. The molecule has 2 heterocycles. The summed E-state index contributed by atoms with van der Waals surface area (Å²) in [6, 6.07) is 5.30. The Balaban J connectivity index is 2.02. The van der Waals surface area contributed by atoms with Crippen LogP contribution in [0.3, 0.4) is 0 Å². The van der Waals surface area contributed by atoms with Crippen LogP contribution in [0.1, 0.15) is 45.0 Å². The average Bonchev–Trinajstić information content (AvgIpc) is 2.97. The Bertz CT molecular complexity index is 628. The Morgan fingerprint density at radius 3 is 2.91 bits per heavy atom. The van der Waals surface area contributed by atoms with E-state index in [1.807, 2.05) is 35.7 Å². The SMILES string of the molecule is CCCC(NC(=O)NCC(C)CCO)c1nnc2ccccn12. The van der Waals surface area contributed by atoms with Crippen LogP contribution in [-0.4, -0.2) is 38.9 Å². The summed E-state index contributed by atoms with van der Waals surface area (Å²) in [7, 11) is 0. The van der Waals surface area contributed by atoms with Crippen LogP contribution in [0, 0.1) is 5.92 Å². The molecule has 0 saturated heterocycles. The first-order chi connectivity index (χ1) is 11.2. The van der Waals surface area contributed by atoms with Gasteiger partial charge in [-0.15, -0.1) is 10.2 Å². The molecule has 2 atom stereocenters. The van der Waals surface area contributed by atoms with Crippen LogP contribution in [0.25, 0.3) is 5.65 Å². The first-order valence-electron chi connectivity index (χ1n) is 8.10. The summed E-state index contributed by atoms with van der Waals surface area (Å²) in [4.78, 5) is 12.1. The molecule has 7 heteroatoms. The maximum Gasteiger partial charge on any atom is 0.315 e. The van der Waals surface area contributed by atoms with Crippen molar-refractivity contribution in [3.63, 3.8) is 0 Å². The van der Waals surface area contributed by atoms with Gasteiger partial charge in [0.25, 0.3) is 0 Å². The van der Waals surface area contributed by atoms with Crippen LogP contribution >= 0.6 is 0 Å². The van der Waals surface area contributed by atoms with Gasteiger partial charge in [0.15, 0.2) is 11.5 Å². The number of rotatable bonds is 8. The number of nitrogens with zero attached hydrogens (tertiary/aromatic N) is 3. The zero-order valence-corrected chi connectivity index (χ0v) is 13.7. The van der Waals surface area contributed by atoms with Crippen LogP contribution in [0.2, 0.25) is 0 Å². The molecule has 7 nitrogen and oxygen atoms in total. The molecule has 0 radical (unpaired) electrons. The summed E-state index contributed by atoms with van der Waals surface area (Å²) < 4.78 is 1.90. The van der Waals surface area contributed by atoms with E-state index < -0.39 is 0 Å². The molecule has 0 aromatic carbocycles. The number of aliphatic hydroxyl groups is 1. The van der Waals surface area contributed by atoms with E-state index in [0.29, 0.717) is 13.0 Å². The molecule has 0 fully saturated rings. The van der Waals surface area contributed by atoms with Gasteiger partial charge in [-0.05, 0) is 30.9 Å². The smallest absolute Gasteiger partial charge is 0.315 e. The summed E-state index contributed by atoms with van der Waals surface area (Å²) in [6.07, 6.45) is 4.28. The molecule has 2 rings (SSSR count). The van der Waals surface area contributed by atoms with E-state index in [2.05, 4.69) is 27.8 Å². The molecular weight excluding hydrogens is 294 g/mol. The minimum atomic E-state index is -0.221. The Labute approximate surface area is 136 Å². The predicted molar refractivity (Wildman–Crippen MR) is 88.0 cm³/mol. The van der Waals surface area contributed by atoms with Gasteiger partial charge in [0.2, 0.25) is 0 Å². The lowest BCUT2D eigenvalue weighted by Gasteiger charge is -2.18. The minimum absolute atomic E-state index is 0.134. The first kappa shape index (κ1) is 17.2. The number of fused-ring (bicyclic) bond motifs is 1. The number of amides is 2. The lowest BCUT2D eigenvalue weighted by atomic mass is 10.1. The third kappa shape index (κ3) is 4.66. The van der Waals surface area contributed by atoms with Gasteiger partial charge in [0, 0.05) is 19.3 Å². The Morgan fingerprint density at radius 1 is 1.35 bits per heavy atom. The molecule has 126 valence electrons. The molecule has 3 N–H and O–H groups in total. The number of aliphatic hydroxyl groups excluding tert-OH is 1. The number of nitrogens with one attached hydrogen (secondary N) is 2. The highest BCUT2D eigenvalue weighted by molar-refractivity contribution is 5.74. The highest BCUT2D eigenvalue weighted by Gasteiger charge is 2.19. The predicted octanol–water partition coefficient (Wildman–Crippen LogP) is 1.89. The minimum Gasteiger partial charge on any atom is -0.396 e. The number of carbonyl (C=O) groups excluding carboxylic acids is 1. The molecule has 0 aliphatic carbocycles. The van der Waals surface area contributed by atoms with Crippen molar-refractivity contribution in [1.29, 1.82) is 0 Å². The number of carbonyl (C=O) groups is 1. The van der Waals surface area contributed by atoms with Crippen molar-refractivity contribution in [1.82, 2.24) is 25.2 Å². The molecular formula is C16H25N5O2. The van der Waals surface area contributed by atoms with Gasteiger partial charge in [-0.25, -0.2) is 4.79 Å². The lowest BCUT2D eigenvalue weighted by molar-refractivity contribution is 0.229. The second-order valence-corrected chi connectivity index (χ2v) is 5.80. The van der Waals surface area contributed by atoms with E-state index in [1.54, 1.807) is 0 Å². The normalized spacial score (nSPS) is 13.7. The van der Waals surface area contributed by atoms with Crippen molar-refractivity contribution in [3.8, 4) is 0 Å². The molecule has 0 aliphatic heterocycles. The highest BCUT2D eigenvalue weighted by atomic mass is 16.3. The first-order valence-corrected chi connectivity index (χ1v) is 8.10. The summed E-state index contributed by atoms with van der Waals surface area (Å²) >= 11 is 0. The molecule has 2 amide bonds. The van der Waals surface area contributed by atoms with E-state index in [1.165, 1.54) is 0 Å². The van der Waals surface area contributed by atoms with Gasteiger partial charge < -0.3 is 15.7 Å². The second-order valence-electron chi connectivity index (χ2n) is 5.80. The Kier molecular flexibility index (Phi) is 6.34. The van der Waals surface area contributed by atoms with Gasteiger partial charge in [0.1, 0.15) is 0 Å². The molecule has 0 spiro atoms. The number of aromatic nitrogens is 3. The third-order valence-electron chi connectivity index (χ3n) is 3.77. The molecule has 2 aromatic heterocycles. The van der Waals surface area contributed by atoms with E-state index in [0.717, 1.165) is 24.3 Å². The van der Waals surface area contributed by atoms with E-state index in [4.69, 9.17) is 5.11 Å². The molecule has 2 aromatic rings. The highest BCUT2D eigenvalue weighted by Crippen LogP contribution is 2.17. The van der Waals surface area contributed by atoms with Crippen LogP contribution in [-0.2, 0) is 0 Å². The fourth-order valence-electron chi connectivity index (χ4n) is 2.45. The van der Waals surface area contributed by atoms with E-state index in [9.17, 15) is 4.79 Å². The zero-order chi connectivity index (χ0) is 16.7. The number of urea groups is 1. The van der Waals surface area contributed by atoms with Crippen molar-refractivity contribution in [2.75, 3.05) is 13.2 Å². The topological polar surface area (TPSA) is 91.5 Å². The summed E-state index contributed by atoms with van der Waals surface area (Å²) in [5.74, 6) is 0.977. The molecule has 2 unspecified atom stereocenters. The number of hydrogen-bond donors (Lipinski definition) is 3. The standard InChI is InChI=1S/C16H25N5O2/c1-3-6-13(18-16(23)17-11-12(2)8-10-22)15-20-19-14-7-4-5-9-21(14)15/h4-5,7,9,12-13,22H,3,6,8,10-11H2,1-2H3,(H2,17,18,23). The summed E-state index contributed by atoms with van der Waals surface area (Å²) in [5.41, 5.74) is 0.766. The fourth-order valence-corrected chi connectivity index (χ4v) is 2.45. The molecule has 0 bridgehead atoms. The second kappa shape index (κ2) is 8.47. The van der Waals surface area contributed by atoms with E-state index in [-0.39, 0.29) is 24.6 Å². The monoisotopic (exact) mass is 319 g/mol. The van der Waals surface area contributed by atoms with Gasteiger partial charge >= 0.3 is 6.03 Å². The van der Waals surface area contributed by atoms with Crippen molar-refractivity contribution < 1.29 is 9.90 Å². The van der Waals surface area contributed by atoms with Crippen LogP contribution in [0.5, 0.6) is 0 Å². The van der Waals surface area contributed by atoms with Crippen molar-refractivity contribution in [3.05, 3.63) is 30.2 Å². The van der Waals surface area contributed by atoms with Gasteiger partial charge in [-0.2, -0.15) is 0 Å². The summed E-state index contributed by atoms with van der Waals surface area (Å²) in [6.45, 7) is 4.73. The van der Waals surface area contributed by atoms with Gasteiger partial charge in [-0.1, -0.05) is 26.3 Å². The third-order valence-corrected chi connectivity index (χ3v) is 3.77. The Hall–Kier alpha value is -2.15. The van der Waals surface area contributed by atoms with Crippen LogP contribution < -0.4 is 10.6 Å². The molecule has 0 aliphatic rings. The van der Waals surface area contributed by atoms with Crippen LogP contribution in [0.4, 0.5) is 4.79 Å². The quantitative estimate of drug-likeness (QED) is 0.693. The lowest BCUT2D eigenvalue weighted by Crippen LogP contribution is -2.40. The molecule has 23 heavy (non-hydrogen) atoms. The Morgan fingerprint density at radius 2 is 2.17 bits per heavy atom. The van der Waals surface area contributed by atoms with Gasteiger partial charge in [0.05, 0.1) is 6.04 Å². The van der Waals surface area contributed by atoms with Crippen molar-refractivity contribution in [2.24, 2.45) is 5.92 Å². The fraction of sp³-hybridized carbons (Fsp3) is 0.562. The number of hydrogen-bond acceptors (Lipinski definition) is 4. The van der Waals surface area contributed by atoms with E-state index >= 15 is 0 Å². The maximum absolute atomic E-state index is 12.1. The largest absolute Gasteiger partial charge is 0.396 e. The van der Waals surface area contributed by atoms with Crippen molar-refractivity contribution >= 4 is 11.7 Å². The summed E-state index contributed by atoms with van der Waals surface area (Å²) in [5, 5.41) is 23.1. The van der Waals surface area contributed by atoms with Gasteiger partial charge in [-0.3, -0.25) is 4.40 Å².